The molecule has 0 saturated carbocycles. The Bertz CT molecular complexity index is 1010. The number of hydrogen-bond donors (Lipinski definition) is 1. The zero-order chi connectivity index (χ0) is 20.6. The second-order valence-corrected chi connectivity index (χ2v) is 7.33. The van der Waals surface area contributed by atoms with Gasteiger partial charge in [-0.2, -0.15) is 4.98 Å². The zero-order valence-corrected chi connectivity index (χ0v) is 16.9. The molecule has 2 aromatic carbocycles. The first-order valence-corrected chi connectivity index (χ1v) is 10.4. The van der Waals surface area contributed by atoms with Crippen LogP contribution in [-0.2, 0) is 0 Å². The van der Waals surface area contributed by atoms with Gasteiger partial charge in [0.05, 0.1) is 0 Å². The zero-order valence-electron chi connectivity index (χ0n) is 16.9. The van der Waals surface area contributed by atoms with E-state index in [0.717, 1.165) is 24.2 Å². The maximum absolute atomic E-state index is 12.4. The molecule has 0 saturated heterocycles. The van der Waals surface area contributed by atoms with E-state index in [-0.39, 0.29) is 5.91 Å². The van der Waals surface area contributed by atoms with Crippen LogP contribution >= 0.6 is 0 Å². The van der Waals surface area contributed by atoms with Gasteiger partial charge < -0.3 is 10.1 Å². The molecule has 0 unspecified atom stereocenters. The molecular weight excluding hydrogens is 374 g/mol. The van der Waals surface area contributed by atoms with Crippen LogP contribution in [0, 0.1) is 0 Å². The SMILES string of the molecule is O=C(NCCC1=CCCCC1)c1ccc(-c2nccc(Oc3ccccc3)n2)cc1. The smallest absolute Gasteiger partial charge is 0.251 e. The molecule has 0 radical (unpaired) electrons. The largest absolute Gasteiger partial charge is 0.439 e. The Balaban J connectivity index is 1.36. The van der Waals surface area contributed by atoms with Crippen molar-refractivity contribution in [2.24, 2.45) is 0 Å². The number of amides is 1. The molecule has 1 amide bonds. The summed E-state index contributed by atoms with van der Waals surface area (Å²) in [5.74, 6) is 1.70. The van der Waals surface area contributed by atoms with Gasteiger partial charge in [-0.3, -0.25) is 4.79 Å². The Hall–Kier alpha value is -3.47. The van der Waals surface area contributed by atoms with Crippen LogP contribution in [0.4, 0.5) is 0 Å². The minimum absolute atomic E-state index is 0.0555. The summed E-state index contributed by atoms with van der Waals surface area (Å²) in [5.41, 5.74) is 2.93. The maximum Gasteiger partial charge on any atom is 0.251 e. The summed E-state index contributed by atoms with van der Waals surface area (Å²) in [6.07, 6.45) is 9.81. The average Bonchev–Trinajstić information content (AvgIpc) is 2.81. The highest BCUT2D eigenvalue weighted by Gasteiger charge is 2.09. The molecule has 1 N–H and O–H groups in total. The minimum atomic E-state index is -0.0555. The van der Waals surface area contributed by atoms with E-state index in [1.54, 1.807) is 24.4 Å². The molecule has 30 heavy (non-hydrogen) atoms. The molecule has 1 aromatic heterocycles. The molecule has 0 fully saturated rings. The number of nitrogens with zero attached hydrogens (tertiary/aromatic N) is 2. The molecule has 1 aliphatic rings. The predicted octanol–water partition coefficient (Wildman–Crippen LogP) is 5.56. The van der Waals surface area contributed by atoms with Crippen molar-refractivity contribution < 1.29 is 9.53 Å². The number of rotatable bonds is 7. The number of para-hydroxylation sites is 1. The highest BCUT2D eigenvalue weighted by Crippen LogP contribution is 2.22. The van der Waals surface area contributed by atoms with Gasteiger partial charge in [0, 0.05) is 29.9 Å². The number of ether oxygens (including phenoxy) is 1. The summed E-state index contributed by atoms with van der Waals surface area (Å²) >= 11 is 0. The van der Waals surface area contributed by atoms with Gasteiger partial charge in [0.25, 0.3) is 5.91 Å². The van der Waals surface area contributed by atoms with Crippen molar-refractivity contribution >= 4 is 5.91 Å². The fourth-order valence-corrected chi connectivity index (χ4v) is 3.49. The van der Waals surface area contributed by atoms with E-state index in [1.165, 1.54) is 24.8 Å². The summed E-state index contributed by atoms with van der Waals surface area (Å²) in [6, 6.07) is 18.6. The highest BCUT2D eigenvalue weighted by molar-refractivity contribution is 5.94. The van der Waals surface area contributed by atoms with Crippen molar-refractivity contribution in [1.82, 2.24) is 15.3 Å². The average molecular weight is 399 g/mol. The third kappa shape index (κ3) is 5.32. The maximum atomic E-state index is 12.4. The van der Waals surface area contributed by atoms with E-state index < -0.39 is 0 Å². The van der Waals surface area contributed by atoms with Gasteiger partial charge in [-0.05, 0) is 56.4 Å². The lowest BCUT2D eigenvalue weighted by molar-refractivity contribution is 0.0954. The van der Waals surface area contributed by atoms with Crippen molar-refractivity contribution in [2.75, 3.05) is 6.54 Å². The number of allylic oxidation sites excluding steroid dienone is 1. The standard InChI is InChI=1S/C25H25N3O2/c29-25(27-17-15-19-7-3-1-4-8-19)21-13-11-20(12-14-21)24-26-18-16-23(28-24)30-22-9-5-2-6-10-22/h2,5-7,9-14,16,18H,1,3-4,8,15,17H2,(H,27,29). The van der Waals surface area contributed by atoms with Gasteiger partial charge in [0.2, 0.25) is 5.88 Å². The normalized spacial score (nSPS) is 13.4. The van der Waals surface area contributed by atoms with Crippen molar-refractivity contribution in [3.63, 3.8) is 0 Å². The van der Waals surface area contributed by atoms with Crippen LogP contribution in [0.5, 0.6) is 11.6 Å². The van der Waals surface area contributed by atoms with Crippen LogP contribution in [-0.4, -0.2) is 22.4 Å². The number of benzene rings is 2. The van der Waals surface area contributed by atoms with E-state index in [2.05, 4.69) is 21.4 Å². The third-order valence-electron chi connectivity index (χ3n) is 5.12. The van der Waals surface area contributed by atoms with Gasteiger partial charge in [-0.1, -0.05) is 42.0 Å². The minimum Gasteiger partial charge on any atom is -0.439 e. The number of carbonyl (C=O) groups excluding carboxylic acids is 1. The van der Waals surface area contributed by atoms with Gasteiger partial charge >= 0.3 is 0 Å². The molecule has 5 nitrogen and oxygen atoms in total. The van der Waals surface area contributed by atoms with Crippen molar-refractivity contribution in [2.45, 2.75) is 32.1 Å². The van der Waals surface area contributed by atoms with E-state index in [4.69, 9.17) is 4.74 Å². The van der Waals surface area contributed by atoms with Crippen LogP contribution in [0.1, 0.15) is 42.5 Å². The van der Waals surface area contributed by atoms with Crippen LogP contribution in [0.2, 0.25) is 0 Å². The first-order valence-electron chi connectivity index (χ1n) is 10.4. The molecule has 0 aliphatic heterocycles. The number of carbonyl (C=O) groups is 1. The highest BCUT2D eigenvalue weighted by atomic mass is 16.5. The first kappa shape index (κ1) is 19.8. The van der Waals surface area contributed by atoms with Crippen molar-refractivity contribution in [1.29, 1.82) is 0 Å². The monoisotopic (exact) mass is 399 g/mol. The van der Waals surface area contributed by atoms with E-state index in [0.29, 0.717) is 23.8 Å². The van der Waals surface area contributed by atoms with Gasteiger partial charge in [-0.15, -0.1) is 0 Å². The lowest BCUT2D eigenvalue weighted by Gasteiger charge is -2.13. The molecule has 3 aromatic rings. The Morgan fingerprint density at radius 1 is 1.00 bits per heavy atom. The van der Waals surface area contributed by atoms with E-state index >= 15 is 0 Å². The van der Waals surface area contributed by atoms with Crippen LogP contribution in [0.3, 0.4) is 0 Å². The lowest BCUT2D eigenvalue weighted by atomic mass is 9.97. The number of nitrogens with one attached hydrogen (secondary N) is 1. The van der Waals surface area contributed by atoms with Crippen molar-refractivity contribution in [3.8, 4) is 23.0 Å². The summed E-state index contributed by atoms with van der Waals surface area (Å²) in [6.45, 7) is 0.675. The van der Waals surface area contributed by atoms with Crippen LogP contribution in [0.25, 0.3) is 11.4 Å². The molecular formula is C25H25N3O2. The van der Waals surface area contributed by atoms with Gasteiger partial charge in [-0.25, -0.2) is 4.98 Å². The van der Waals surface area contributed by atoms with Crippen LogP contribution in [0.15, 0.2) is 78.5 Å². The summed E-state index contributed by atoms with van der Waals surface area (Å²) in [4.78, 5) is 21.2. The summed E-state index contributed by atoms with van der Waals surface area (Å²) in [5, 5.41) is 3.01. The van der Waals surface area contributed by atoms with E-state index in [1.807, 2.05) is 42.5 Å². The molecule has 1 heterocycles. The Labute approximate surface area is 176 Å². The molecule has 152 valence electrons. The fraction of sp³-hybridized carbons (Fsp3) is 0.240. The molecule has 1 aliphatic carbocycles. The van der Waals surface area contributed by atoms with Gasteiger partial charge in [0.15, 0.2) is 5.82 Å². The molecule has 5 heteroatoms. The number of aromatic nitrogens is 2. The van der Waals surface area contributed by atoms with Gasteiger partial charge in [0.1, 0.15) is 5.75 Å². The second-order valence-electron chi connectivity index (χ2n) is 7.33. The molecule has 0 atom stereocenters. The molecule has 0 spiro atoms. The number of hydrogen-bond acceptors (Lipinski definition) is 4. The fourth-order valence-electron chi connectivity index (χ4n) is 3.49. The Kier molecular flexibility index (Phi) is 6.50. The third-order valence-corrected chi connectivity index (χ3v) is 5.12. The van der Waals surface area contributed by atoms with Crippen molar-refractivity contribution in [3.05, 3.63) is 84.1 Å². The summed E-state index contributed by atoms with van der Waals surface area (Å²) in [7, 11) is 0. The Morgan fingerprint density at radius 3 is 2.60 bits per heavy atom. The topological polar surface area (TPSA) is 64.1 Å². The summed E-state index contributed by atoms with van der Waals surface area (Å²) < 4.78 is 5.78. The second kappa shape index (κ2) is 9.83. The molecule has 4 rings (SSSR count). The predicted molar refractivity (Wildman–Crippen MR) is 117 cm³/mol. The molecule has 0 bridgehead atoms. The Morgan fingerprint density at radius 2 is 1.83 bits per heavy atom. The first-order chi connectivity index (χ1) is 14.8. The van der Waals surface area contributed by atoms with Crippen LogP contribution < -0.4 is 10.1 Å². The quantitative estimate of drug-likeness (QED) is 0.529. The van der Waals surface area contributed by atoms with E-state index in [9.17, 15) is 4.79 Å². The lowest BCUT2D eigenvalue weighted by Crippen LogP contribution is -2.24.